The summed E-state index contributed by atoms with van der Waals surface area (Å²) in [6.45, 7) is 4.11. The van der Waals surface area contributed by atoms with Crippen molar-refractivity contribution < 1.29 is 23.9 Å². The summed E-state index contributed by atoms with van der Waals surface area (Å²) in [6, 6.07) is 0. The van der Waals surface area contributed by atoms with Gasteiger partial charge in [-0.05, 0) is 13.0 Å². The van der Waals surface area contributed by atoms with Crippen LogP contribution in [-0.2, 0) is 23.9 Å². The number of rotatable bonds is 7. The highest BCUT2D eigenvalue weighted by Crippen LogP contribution is 2.01. The minimum Gasteiger partial charge on any atom is -0.461 e. The minimum atomic E-state index is -0.460. The average molecular weight is 266 g/mol. The van der Waals surface area contributed by atoms with Gasteiger partial charge in [-0.15, -0.1) is 11.8 Å². The smallest absolute Gasteiger partial charge is 0.302 e. The maximum atomic E-state index is 11.6. The van der Waals surface area contributed by atoms with Crippen LogP contribution in [0.4, 0.5) is 0 Å². The van der Waals surface area contributed by atoms with Crippen molar-refractivity contribution in [2.45, 2.75) is 33.6 Å². The highest BCUT2D eigenvalue weighted by Gasteiger charge is 2.06. The van der Waals surface area contributed by atoms with Gasteiger partial charge in [-0.2, -0.15) is 0 Å². The average Bonchev–Trinajstić information content (AvgIpc) is 2.32. The SMILES string of the molecule is CC#CCCC(=O)C=C(COC(C)=O)COC(C)=O. The van der Waals surface area contributed by atoms with Crippen molar-refractivity contribution in [1.29, 1.82) is 0 Å². The first-order chi connectivity index (χ1) is 8.95. The Balaban J connectivity index is 4.48. The lowest BCUT2D eigenvalue weighted by Crippen LogP contribution is -2.12. The molecule has 0 amide bonds. The highest BCUT2D eigenvalue weighted by atomic mass is 16.5. The van der Waals surface area contributed by atoms with Gasteiger partial charge in [0.05, 0.1) is 0 Å². The van der Waals surface area contributed by atoms with E-state index >= 15 is 0 Å². The Morgan fingerprint density at radius 1 is 1.05 bits per heavy atom. The van der Waals surface area contributed by atoms with E-state index < -0.39 is 11.9 Å². The van der Waals surface area contributed by atoms with E-state index in [1.807, 2.05) is 0 Å². The number of carbonyl (C=O) groups excluding carboxylic acids is 3. The Bertz CT molecular complexity index is 403. The molecule has 5 heteroatoms. The maximum absolute atomic E-state index is 11.6. The van der Waals surface area contributed by atoms with Gasteiger partial charge in [0.1, 0.15) is 13.2 Å². The molecule has 0 aromatic rings. The fraction of sp³-hybridized carbons (Fsp3) is 0.500. The third-order valence-electron chi connectivity index (χ3n) is 1.96. The van der Waals surface area contributed by atoms with Crippen molar-refractivity contribution >= 4 is 17.7 Å². The normalized spacial score (nSPS) is 8.79. The molecule has 0 rings (SSSR count). The molecule has 0 spiro atoms. The van der Waals surface area contributed by atoms with Crippen molar-refractivity contribution in [3.05, 3.63) is 11.6 Å². The first-order valence-electron chi connectivity index (χ1n) is 5.84. The van der Waals surface area contributed by atoms with E-state index in [1.165, 1.54) is 19.9 Å². The first kappa shape index (κ1) is 16.9. The molecule has 5 nitrogen and oxygen atoms in total. The predicted molar refractivity (Wildman–Crippen MR) is 69.0 cm³/mol. The van der Waals surface area contributed by atoms with Crippen molar-refractivity contribution in [3.8, 4) is 11.8 Å². The molecule has 0 unspecified atom stereocenters. The molecule has 0 aromatic heterocycles. The summed E-state index contributed by atoms with van der Waals surface area (Å²) in [4.78, 5) is 33.0. The predicted octanol–water partition coefficient (Wildman–Crippen LogP) is 1.41. The second-order valence-corrected chi connectivity index (χ2v) is 3.76. The van der Waals surface area contributed by atoms with Gasteiger partial charge >= 0.3 is 11.9 Å². The van der Waals surface area contributed by atoms with Crippen LogP contribution in [0.3, 0.4) is 0 Å². The van der Waals surface area contributed by atoms with Crippen molar-refractivity contribution in [2.24, 2.45) is 0 Å². The number of hydrogen-bond donors (Lipinski definition) is 0. The molecule has 0 fully saturated rings. The van der Waals surface area contributed by atoms with E-state index in [9.17, 15) is 14.4 Å². The van der Waals surface area contributed by atoms with Gasteiger partial charge in [-0.1, -0.05) is 0 Å². The van der Waals surface area contributed by atoms with Crippen LogP contribution in [0.5, 0.6) is 0 Å². The summed E-state index contributed by atoms with van der Waals surface area (Å²) >= 11 is 0. The minimum absolute atomic E-state index is 0.0617. The van der Waals surface area contributed by atoms with Gasteiger partial charge in [0.2, 0.25) is 0 Å². The van der Waals surface area contributed by atoms with Gasteiger partial charge in [-0.25, -0.2) is 0 Å². The van der Waals surface area contributed by atoms with Crippen molar-refractivity contribution in [2.75, 3.05) is 13.2 Å². The molecular formula is C14H18O5. The Kier molecular flexibility index (Phi) is 8.80. The van der Waals surface area contributed by atoms with Crippen LogP contribution in [0.15, 0.2) is 11.6 Å². The molecule has 104 valence electrons. The zero-order valence-corrected chi connectivity index (χ0v) is 11.4. The summed E-state index contributed by atoms with van der Waals surface area (Å²) in [6.07, 6.45) is 2.09. The standard InChI is InChI=1S/C14H18O5/c1-4-5-6-7-14(17)8-13(9-18-11(2)15)10-19-12(3)16/h8H,6-7,9-10H2,1-3H3. The topological polar surface area (TPSA) is 69.7 Å². The summed E-state index contributed by atoms with van der Waals surface area (Å²) in [7, 11) is 0. The maximum Gasteiger partial charge on any atom is 0.302 e. The molecule has 0 aliphatic rings. The van der Waals surface area contributed by atoms with Crippen LogP contribution in [0.25, 0.3) is 0 Å². The number of esters is 2. The molecule has 0 aliphatic heterocycles. The third-order valence-corrected chi connectivity index (χ3v) is 1.96. The van der Waals surface area contributed by atoms with Crippen LogP contribution < -0.4 is 0 Å². The fourth-order valence-corrected chi connectivity index (χ4v) is 1.12. The van der Waals surface area contributed by atoms with E-state index in [0.717, 1.165) is 0 Å². The Morgan fingerprint density at radius 2 is 1.58 bits per heavy atom. The number of carbonyl (C=O) groups is 3. The van der Waals surface area contributed by atoms with Crippen LogP contribution in [0.2, 0.25) is 0 Å². The molecule has 19 heavy (non-hydrogen) atoms. The lowest BCUT2D eigenvalue weighted by Gasteiger charge is -2.07. The molecule has 0 bridgehead atoms. The van der Waals surface area contributed by atoms with E-state index in [1.54, 1.807) is 6.92 Å². The zero-order chi connectivity index (χ0) is 14.7. The number of ketones is 1. The monoisotopic (exact) mass is 266 g/mol. The lowest BCUT2D eigenvalue weighted by molar-refractivity contribution is -0.141. The van der Waals surface area contributed by atoms with Gasteiger partial charge < -0.3 is 9.47 Å². The molecule has 0 aromatic carbocycles. The quantitative estimate of drug-likeness (QED) is 0.396. The van der Waals surface area contributed by atoms with E-state index in [2.05, 4.69) is 11.8 Å². The zero-order valence-electron chi connectivity index (χ0n) is 11.4. The molecule has 0 aliphatic carbocycles. The number of ether oxygens (including phenoxy) is 2. The first-order valence-corrected chi connectivity index (χ1v) is 5.84. The van der Waals surface area contributed by atoms with Crippen LogP contribution >= 0.6 is 0 Å². The molecule has 0 saturated carbocycles. The third kappa shape index (κ3) is 10.8. The van der Waals surface area contributed by atoms with Crippen LogP contribution in [0, 0.1) is 11.8 Å². The number of allylic oxidation sites excluding steroid dienone is 1. The van der Waals surface area contributed by atoms with E-state index in [4.69, 9.17) is 9.47 Å². The lowest BCUT2D eigenvalue weighted by atomic mass is 10.1. The summed E-state index contributed by atoms with van der Waals surface area (Å²) < 4.78 is 9.57. The second kappa shape index (κ2) is 9.89. The van der Waals surface area contributed by atoms with E-state index in [-0.39, 0.29) is 25.4 Å². The Labute approximate surface area is 113 Å². The molecular weight excluding hydrogens is 248 g/mol. The molecule has 0 saturated heterocycles. The molecule has 0 heterocycles. The Hall–Kier alpha value is -2.09. The summed E-state index contributed by atoms with van der Waals surface area (Å²) in [5, 5.41) is 0. The summed E-state index contributed by atoms with van der Waals surface area (Å²) in [5.74, 6) is 4.42. The van der Waals surface area contributed by atoms with Gasteiger partial charge in [0.25, 0.3) is 0 Å². The van der Waals surface area contributed by atoms with Crippen LogP contribution in [0.1, 0.15) is 33.6 Å². The van der Waals surface area contributed by atoms with Crippen molar-refractivity contribution in [1.82, 2.24) is 0 Å². The molecule has 0 radical (unpaired) electrons. The fourth-order valence-electron chi connectivity index (χ4n) is 1.12. The molecule has 0 atom stereocenters. The van der Waals surface area contributed by atoms with Crippen molar-refractivity contribution in [3.63, 3.8) is 0 Å². The summed E-state index contributed by atoms with van der Waals surface area (Å²) in [5.41, 5.74) is 0.444. The molecule has 0 N–H and O–H groups in total. The number of hydrogen-bond acceptors (Lipinski definition) is 5. The van der Waals surface area contributed by atoms with Gasteiger partial charge in [0, 0.05) is 32.3 Å². The Morgan fingerprint density at radius 3 is 2.00 bits per heavy atom. The largest absolute Gasteiger partial charge is 0.461 e. The van der Waals surface area contributed by atoms with Crippen LogP contribution in [-0.4, -0.2) is 30.9 Å². The van der Waals surface area contributed by atoms with Gasteiger partial charge in [-0.3, -0.25) is 14.4 Å². The van der Waals surface area contributed by atoms with Gasteiger partial charge in [0.15, 0.2) is 5.78 Å². The second-order valence-electron chi connectivity index (χ2n) is 3.76. The highest BCUT2D eigenvalue weighted by molar-refractivity contribution is 5.90. The van der Waals surface area contributed by atoms with E-state index in [0.29, 0.717) is 12.0 Å².